The minimum Gasteiger partial charge on any atom is -0.389 e. The van der Waals surface area contributed by atoms with Gasteiger partial charge in [-0.05, 0) is 51.2 Å². The van der Waals surface area contributed by atoms with Gasteiger partial charge in [-0.1, -0.05) is 31.0 Å². The maximum Gasteiger partial charge on any atom is 0.276 e. The Kier molecular flexibility index (Phi) is 4.47. The molecule has 0 saturated heterocycles. The van der Waals surface area contributed by atoms with E-state index < -0.39 is 15.6 Å². The van der Waals surface area contributed by atoms with Crippen LogP contribution in [0.25, 0.3) is 0 Å². The Morgan fingerprint density at radius 3 is 2.38 bits per heavy atom. The first kappa shape index (κ1) is 17.4. The van der Waals surface area contributed by atoms with Crippen molar-refractivity contribution in [3.8, 4) is 0 Å². The summed E-state index contributed by atoms with van der Waals surface area (Å²) in [4.78, 5) is 2.61. The fourth-order valence-corrected chi connectivity index (χ4v) is 4.90. The zero-order valence-corrected chi connectivity index (χ0v) is 15.2. The number of nitrogens with zero attached hydrogens (tertiary/aromatic N) is 1. The number of sulfonamides is 1. The third kappa shape index (κ3) is 3.22. The number of hydrogen-bond acceptors (Lipinski definition) is 4. The van der Waals surface area contributed by atoms with Gasteiger partial charge in [0, 0.05) is 17.5 Å². The van der Waals surface area contributed by atoms with Gasteiger partial charge in [0.25, 0.3) is 10.0 Å². The molecule has 0 unspecified atom stereocenters. The number of nitrogens with one attached hydrogen (secondary N) is 1. The quantitative estimate of drug-likeness (QED) is 0.801. The van der Waals surface area contributed by atoms with Crippen LogP contribution >= 0.6 is 0 Å². The van der Waals surface area contributed by atoms with Gasteiger partial charge in [-0.3, -0.25) is 0 Å². The van der Waals surface area contributed by atoms with Crippen LogP contribution in [0.3, 0.4) is 0 Å². The molecular weight excluding hydrogens is 324 g/mol. The summed E-state index contributed by atoms with van der Waals surface area (Å²) >= 11 is 0. The third-order valence-corrected chi connectivity index (χ3v) is 6.83. The van der Waals surface area contributed by atoms with Crippen LogP contribution in [0.1, 0.15) is 57.4 Å². The van der Waals surface area contributed by atoms with Crippen LogP contribution in [-0.4, -0.2) is 24.8 Å². The fourth-order valence-electron chi connectivity index (χ4n) is 4.07. The Morgan fingerprint density at radius 2 is 1.79 bits per heavy atom. The minimum atomic E-state index is -3.67. The van der Waals surface area contributed by atoms with Crippen molar-refractivity contribution in [2.45, 2.75) is 69.3 Å². The molecule has 0 aromatic heterocycles. The molecule has 0 spiro atoms. The van der Waals surface area contributed by atoms with Crippen molar-refractivity contribution in [1.82, 2.24) is 4.83 Å². The summed E-state index contributed by atoms with van der Waals surface area (Å²) in [6.07, 6.45) is 5.86. The maximum atomic E-state index is 12.5. The van der Waals surface area contributed by atoms with E-state index in [4.69, 9.17) is 0 Å². The molecular formula is C18H26N2O3S. The number of rotatable bonds is 5. The Bertz CT molecular complexity index is 730. The molecule has 3 saturated carbocycles. The highest BCUT2D eigenvalue weighted by Crippen LogP contribution is 2.52. The second-order valence-corrected chi connectivity index (χ2v) is 9.06. The fraction of sp³-hybridized carbons (Fsp3) is 0.611. The molecule has 1 aromatic rings. The second kappa shape index (κ2) is 6.15. The monoisotopic (exact) mass is 350 g/mol. The largest absolute Gasteiger partial charge is 0.389 e. The number of aliphatic hydroxyl groups is 1. The molecule has 0 amide bonds. The summed E-state index contributed by atoms with van der Waals surface area (Å²) in [6.45, 7) is 4.05. The van der Waals surface area contributed by atoms with E-state index in [-0.39, 0.29) is 10.3 Å². The number of hydrogen-bond donors (Lipinski definition) is 2. The van der Waals surface area contributed by atoms with Crippen LogP contribution in [0.15, 0.2) is 34.3 Å². The molecule has 5 nitrogen and oxygen atoms in total. The van der Waals surface area contributed by atoms with Crippen LogP contribution < -0.4 is 4.83 Å². The number of fused-ring (bicyclic) bond motifs is 3. The van der Waals surface area contributed by atoms with Crippen molar-refractivity contribution in [1.29, 1.82) is 0 Å². The van der Waals surface area contributed by atoms with E-state index in [9.17, 15) is 13.5 Å². The molecule has 0 atom stereocenters. The van der Waals surface area contributed by atoms with Crippen molar-refractivity contribution in [3.05, 3.63) is 29.8 Å². The predicted molar refractivity (Wildman–Crippen MR) is 94.3 cm³/mol. The molecule has 1 aromatic carbocycles. The van der Waals surface area contributed by atoms with Crippen molar-refractivity contribution >= 4 is 15.7 Å². The van der Waals surface area contributed by atoms with Gasteiger partial charge in [-0.15, -0.1) is 0 Å². The zero-order valence-electron chi connectivity index (χ0n) is 14.4. The van der Waals surface area contributed by atoms with E-state index in [0.717, 1.165) is 49.8 Å². The summed E-state index contributed by atoms with van der Waals surface area (Å²) in [6, 6.07) is 6.71. The standard InChI is InChI=1S/C18H26N2O3S/c1-3-8-17-9-11-18(21,12-10-17)13-16(17)19-20-24(22,23)15-6-4-14(2)5-7-15/h4-7,20-21H,3,8-13H2,1-2H3/b19-16-. The van der Waals surface area contributed by atoms with E-state index in [0.29, 0.717) is 6.42 Å². The summed E-state index contributed by atoms with van der Waals surface area (Å²) in [5.41, 5.74) is 1.08. The van der Waals surface area contributed by atoms with Crippen molar-refractivity contribution in [2.24, 2.45) is 10.5 Å². The number of hydrazone groups is 1. The average Bonchev–Trinajstić information content (AvgIpc) is 2.55. The predicted octanol–water partition coefficient (Wildman–Crippen LogP) is 3.12. The van der Waals surface area contributed by atoms with Crippen LogP contribution in [0.2, 0.25) is 0 Å². The van der Waals surface area contributed by atoms with E-state index in [1.54, 1.807) is 24.3 Å². The SMILES string of the molecule is CCCC12CCC(O)(CC1)C/C2=N/NS(=O)(=O)c1ccc(C)cc1. The van der Waals surface area contributed by atoms with E-state index in [1.807, 2.05) is 6.92 Å². The van der Waals surface area contributed by atoms with Crippen molar-refractivity contribution < 1.29 is 13.5 Å². The van der Waals surface area contributed by atoms with Gasteiger partial charge in [-0.2, -0.15) is 13.5 Å². The second-order valence-electron chi connectivity index (χ2n) is 7.40. The lowest BCUT2D eigenvalue weighted by molar-refractivity contribution is -0.0371. The van der Waals surface area contributed by atoms with Gasteiger partial charge in [0.05, 0.1) is 10.5 Å². The molecule has 2 N–H and O–H groups in total. The first-order valence-corrected chi connectivity index (χ1v) is 10.1. The molecule has 132 valence electrons. The Morgan fingerprint density at radius 1 is 1.17 bits per heavy atom. The highest BCUT2D eigenvalue weighted by atomic mass is 32.2. The van der Waals surface area contributed by atoms with Crippen molar-refractivity contribution in [2.75, 3.05) is 0 Å². The average molecular weight is 350 g/mol. The maximum absolute atomic E-state index is 12.5. The zero-order chi connectivity index (χ0) is 17.4. The molecule has 3 fully saturated rings. The van der Waals surface area contributed by atoms with Crippen molar-refractivity contribution in [3.63, 3.8) is 0 Å². The Balaban J connectivity index is 1.85. The summed E-state index contributed by atoms with van der Waals surface area (Å²) in [5.74, 6) is 0. The van der Waals surface area contributed by atoms with Gasteiger partial charge < -0.3 is 5.11 Å². The highest BCUT2D eigenvalue weighted by Gasteiger charge is 2.51. The molecule has 6 heteroatoms. The summed E-state index contributed by atoms with van der Waals surface area (Å²) in [5, 5.41) is 14.9. The molecule has 0 heterocycles. The van der Waals surface area contributed by atoms with Gasteiger partial charge in [0.15, 0.2) is 0 Å². The number of aryl methyl sites for hydroxylation is 1. The molecule has 24 heavy (non-hydrogen) atoms. The van der Waals surface area contributed by atoms with Gasteiger partial charge in [0.2, 0.25) is 0 Å². The topological polar surface area (TPSA) is 78.8 Å². The van der Waals surface area contributed by atoms with Crippen LogP contribution in [0, 0.1) is 12.3 Å². The Labute approximate surface area is 144 Å². The first-order valence-electron chi connectivity index (χ1n) is 8.67. The van der Waals surface area contributed by atoms with Crippen LogP contribution in [0.4, 0.5) is 0 Å². The number of benzene rings is 1. The first-order chi connectivity index (χ1) is 11.3. The lowest BCUT2D eigenvalue weighted by Gasteiger charge is -2.51. The molecule has 0 aliphatic heterocycles. The lowest BCUT2D eigenvalue weighted by Crippen LogP contribution is -2.52. The van der Waals surface area contributed by atoms with Gasteiger partial charge in [-0.25, -0.2) is 4.83 Å². The van der Waals surface area contributed by atoms with E-state index in [1.165, 1.54) is 0 Å². The third-order valence-electron chi connectivity index (χ3n) is 5.61. The smallest absolute Gasteiger partial charge is 0.276 e. The highest BCUT2D eigenvalue weighted by molar-refractivity contribution is 7.89. The van der Waals surface area contributed by atoms with E-state index >= 15 is 0 Å². The van der Waals surface area contributed by atoms with Gasteiger partial charge in [0.1, 0.15) is 0 Å². The Hall–Kier alpha value is -1.40. The molecule has 2 bridgehead atoms. The van der Waals surface area contributed by atoms with Gasteiger partial charge >= 0.3 is 0 Å². The molecule has 4 rings (SSSR count). The summed E-state index contributed by atoms with van der Waals surface area (Å²) < 4.78 is 24.9. The van der Waals surface area contributed by atoms with Crippen LogP contribution in [-0.2, 0) is 10.0 Å². The molecule has 0 radical (unpaired) electrons. The van der Waals surface area contributed by atoms with E-state index in [2.05, 4.69) is 16.9 Å². The molecule has 3 aliphatic rings. The normalized spacial score (nSPS) is 31.4. The van der Waals surface area contributed by atoms with Crippen LogP contribution in [0.5, 0.6) is 0 Å². The summed E-state index contributed by atoms with van der Waals surface area (Å²) in [7, 11) is -3.67. The minimum absolute atomic E-state index is 0.0466. The molecule has 3 aliphatic carbocycles. The lowest BCUT2D eigenvalue weighted by atomic mass is 9.56.